The minimum absolute atomic E-state index is 0.0289. The highest BCUT2D eigenvalue weighted by Crippen LogP contribution is 2.26. The lowest BCUT2D eigenvalue weighted by atomic mass is 9.86. The van der Waals surface area contributed by atoms with Gasteiger partial charge in [-0.15, -0.1) is 0 Å². The molecule has 6 nitrogen and oxygen atoms in total. The first-order valence-electron chi connectivity index (χ1n) is 9.58. The molecule has 7 heteroatoms. The molecule has 0 aromatic heterocycles. The molecule has 0 aliphatic carbocycles. The van der Waals surface area contributed by atoms with Crippen LogP contribution in [0.15, 0.2) is 53.4 Å². The van der Waals surface area contributed by atoms with Crippen molar-refractivity contribution < 1.29 is 18.0 Å². The molecule has 1 heterocycles. The van der Waals surface area contributed by atoms with Gasteiger partial charge in [0.2, 0.25) is 21.8 Å². The van der Waals surface area contributed by atoms with Crippen LogP contribution in [0.5, 0.6) is 0 Å². The number of benzene rings is 2. The van der Waals surface area contributed by atoms with Gasteiger partial charge in [0.25, 0.3) is 0 Å². The third kappa shape index (κ3) is 4.57. The van der Waals surface area contributed by atoms with E-state index in [9.17, 15) is 18.0 Å². The third-order valence-electron chi connectivity index (χ3n) is 5.07. The molecule has 1 fully saturated rings. The van der Waals surface area contributed by atoms with Crippen molar-refractivity contribution in [2.45, 2.75) is 56.9 Å². The van der Waals surface area contributed by atoms with Gasteiger partial charge in [-0.25, -0.2) is 13.1 Å². The Balaban J connectivity index is 1.75. The summed E-state index contributed by atoms with van der Waals surface area (Å²) in [5.41, 5.74) is 2.47. The molecule has 0 saturated carbocycles. The van der Waals surface area contributed by atoms with Crippen molar-refractivity contribution in [1.82, 2.24) is 4.72 Å². The van der Waals surface area contributed by atoms with E-state index in [1.54, 1.807) is 6.92 Å². The molecule has 0 unspecified atom stereocenters. The molecule has 2 amide bonds. The lowest BCUT2D eigenvalue weighted by Crippen LogP contribution is -2.29. The molecule has 2 aromatic carbocycles. The lowest BCUT2D eigenvalue weighted by Gasteiger charge is -2.21. The maximum absolute atomic E-state index is 12.7. The van der Waals surface area contributed by atoms with Gasteiger partial charge in [-0.3, -0.25) is 14.5 Å². The number of hydrogen-bond acceptors (Lipinski definition) is 4. The summed E-state index contributed by atoms with van der Waals surface area (Å²) in [6.45, 7) is 8.17. The summed E-state index contributed by atoms with van der Waals surface area (Å²) < 4.78 is 28.2. The van der Waals surface area contributed by atoms with Gasteiger partial charge in [0.1, 0.15) is 0 Å². The van der Waals surface area contributed by atoms with Gasteiger partial charge in [0.15, 0.2) is 0 Å². The van der Waals surface area contributed by atoms with Gasteiger partial charge in [-0.05, 0) is 47.7 Å². The predicted octanol–water partition coefficient (Wildman–Crippen LogP) is 3.68. The molecular weight excluding hydrogens is 388 g/mol. The lowest BCUT2D eigenvalue weighted by molar-refractivity contribution is -0.121. The SMILES string of the molecule is C[C@@H](NS(=O)(=O)c1ccc(N2C(=O)CCC2=O)cc1)c1ccc(C(C)(C)C)cc1. The first-order valence-corrected chi connectivity index (χ1v) is 11.1. The number of hydrogen-bond donors (Lipinski definition) is 1. The van der Waals surface area contributed by atoms with Crippen molar-refractivity contribution in [2.24, 2.45) is 0 Å². The van der Waals surface area contributed by atoms with Crippen LogP contribution in [-0.2, 0) is 25.0 Å². The first-order chi connectivity index (χ1) is 13.5. The fourth-order valence-electron chi connectivity index (χ4n) is 3.28. The van der Waals surface area contributed by atoms with Gasteiger partial charge >= 0.3 is 0 Å². The normalized spacial score (nSPS) is 16.3. The number of carbonyl (C=O) groups excluding carboxylic acids is 2. The van der Waals surface area contributed by atoms with Crippen molar-refractivity contribution in [3.8, 4) is 0 Å². The van der Waals surface area contributed by atoms with Gasteiger partial charge in [-0.2, -0.15) is 0 Å². The molecule has 3 rings (SSSR count). The van der Waals surface area contributed by atoms with E-state index < -0.39 is 16.1 Å². The van der Waals surface area contributed by atoms with Crippen LogP contribution >= 0.6 is 0 Å². The second kappa shape index (κ2) is 7.72. The van der Waals surface area contributed by atoms with Crippen molar-refractivity contribution in [3.05, 3.63) is 59.7 Å². The molecule has 1 atom stereocenters. The van der Waals surface area contributed by atoms with E-state index in [4.69, 9.17) is 0 Å². The second-order valence-electron chi connectivity index (χ2n) is 8.33. The minimum atomic E-state index is -3.75. The highest BCUT2D eigenvalue weighted by atomic mass is 32.2. The van der Waals surface area contributed by atoms with E-state index in [1.807, 2.05) is 24.3 Å². The number of anilines is 1. The zero-order valence-corrected chi connectivity index (χ0v) is 17.9. The number of nitrogens with zero attached hydrogens (tertiary/aromatic N) is 1. The van der Waals surface area contributed by atoms with E-state index >= 15 is 0 Å². The summed E-state index contributed by atoms with van der Waals surface area (Å²) in [5, 5.41) is 0. The number of amides is 2. The summed E-state index contributed by atoms with van der Waals surface area (Å²) in [6.07, 6.45) is 0.373. The van der Waals surface area contributed by atoms with Crippen LogP contribution in [0.1, 0.15) is 57.7 Å². The Morgan fingerprint density at radius 2 is 1.41 bits per heavy atom. The molecular formula is C22H26N2O4S. The summed E-state index contributed by atoms with van der Waals surface area (Å²) in [4.78, 5) is 24.8. The van der Waals surface area contributed by atoms with E-state index in [1.165, 1.54) is 29.8 Å². The maximum Gasteiger partial charge on any atom is 0.241 e. The third-order valence-corrected chi connectivity index (χ3v) is 6.62. The summed E-state index contributed by atoms with van der Waals surface area (Å²) in [6, 6.07) is 13.3. The standard InChI is InChI=1S/C22H26N2O4S/c1-15(16-5-7-17(8-6-16)22(2,3)4)23-29(27,28)19-11-9-18(10-12-19)24-20(25)13-14-21(24)26/h5-12,15,23H,13-14H2,1-4H3/t15-/m1/s1. The van der Waals surface area contributed by atoms with Gasteiger partial charge in [0, 0.05) is 18.9 Å². The second-order valence-corrected chi connectivity index (χ2v) is 10.0. The Bertz CT molecular complexity index is 1000. The van der Waals surface area contributed by atoms with Gasteiger partial charge in [0.05, 0.1) is 10.6 Å². The minimum Gasteiger partial charge on any atom is -0.274 e. The Labute approximate surface area is 172 Å². The largest absolute Gasteiger partial charge is 0.274 e. The van der Waals surface area contributed by atoms with E-state index in [0.29, 0.717) is 5.69 Å². The number of rotatable bonds is 5. The Morgan fingerprint density at radius 1 is 0.897 bits per heavy atom. The zero-order valence-electron chi connectivity index (χ0n) is 17.1. The predicted molar refractivity (Wildman–Crippen MR) is 112 cm³/mol. The summed E-state index contributed by atoms with van der Waals surface area (Å²) in [5.74, 6) is -0.535. The van der Waals surface area contributed by atoms with Crippen LogP contribution in [0.25, 0.3) is 0 Å². The maximum atomic E-state index is 12.7. The van der Waals surface area contributed by atoms with Crippen molar-refractivity contribution in [3.63, 3.8) is 0 Å². The van der Waals surface area contributed by atoms with Gasteiger partial charge in [-0.1, -0.05) is 45.0 Å². The molecule has 154 valence electrons. The average Bonchev–Trinajstić information content (AvgIpc) is 2.99. The molecule has 1 saturated heterocycles. The van der Waals surface area contributed by atoms with Crippen molar-refractivity contribution >= 4 is 27.5 Å². The van der Waals surface area contributed by atoms with E-state index in [2.05, 4.69) is 25.5 Å². The first kappa shape index (κ1) is 21.2. The zero-order chi connectivity index (χ0) is 21.4. The Morgan fingerprint density at radius 3 is 1.90 bits per heavy atom. The van der Waals surface area contributed by atoms with Crippen LogP contribution in [-0.4, -0.2) is 20.2 Å². The Kier molecular flexibility index (Phi) is 5.65. The summed E-state index contributed by atoms with van der Waals surface area (Å²) in [7, 11) is -3.75. The van der Waals surface area contributed by atoms with Crippen LogP contribution in [0.3, 0.4) is 0 Å². The highest BCUT2D eigenvalue weighted by molar-refractivity contribution is 7.89. The van der Waals surface area contributed by atoms with Gasteiger partial charge < -0.3 is 0 Å². The molecule has 0 spiro atoms. The van der Waals surface area contributed by atoms with Crippen molar-refractivity contribution in [2.75, 3.05) is 4.90 Å². The monoisotopic (exact) mass is 414 g/mol. The number of carbonyl (C=O) groups is 2. The molecule has 29 heavy (non-hydrogen) atoms. The average molecular weight is 415 g/mol. The fraction of sp³-hybridized carbons (Fsp3) is 0.364. The molecule has 0 bridgehead atoms. The van der Waals surface area contributed by atoms with Crippen LogP contribution in [0.4, 0.5) is 5.69 Å². The highest BCUT2D eigenvalue weighted by Gasteiger charge is 2.30. The quantitative estimate of drug-likeness (QED) is 0.757. The van der Waals surface area contributed by atoms with E-state index in [0.717, 1.165) is 10.5 Å². The molecule has 0 radical (unpaired) electrons. The van der Waals surface area contributed by atoms with Crippen LogP contribution in [0.2, 0.25) is 0 Å². The number of nitrogens with one attached hydrogen (secondary N) is 1. The molecule has 2 aromatic rings. The summed E-state index contributed by atoms with van der Waals surface area (Å²) >= 11 is 0. The fourth-order valence-corrected chi connectivity index (χ4v) is 4.51. The van der Waals surface area contributed by atoms with Crippen LogP contribution in [0, 0.1) is 0 Å². The number of imide groups is 1. The van der Waals surface area contributed by atoms with E-state index in [-0.39, 0.29) is 35.0 Å². The molecule has 1 N–H and O–H groups in total. The number of sulfonamides is 1. The molecule has 1 aliphatic heterocycles. The Hall–Kier alpha value is -2.51. The van der Waals surface area contributed by atoms with Crippen molar-refractivity contribution in [1.29, 1.82) is 0 Å². The smallest absolute Gasteiger partial charge is 0.241 e. The van der Waals surface area contributed by atoms with Crippen LogP contribution < -0.4 is 9.62 Å². The topological polar surface area (TPSA) is 83.6 Å². The molecule has 1 aliphatic rings.